The van der Waals surface area contributed by atoms with Crippen LogP contribution in [0.1, 0.15) is 32.8 Å². The third-order valence-corrected chi connectivity index (χ3v) is 4.82. The zero-order valence-electron chi connectivity index (χ0n) is 11.7. The molecule has 0 bridgehead atoms. The molecule has 0 amide bonds. The third kappa shape index (κ3) is 2.98. The van der Waals surface area contributed by atoms with Gasteiger partial charge in [-0.3, -0.25) is 0 Å². The molecule has 2 aromatic rings. The van der Waals surface area contributed by atoms with Crippen LogP contribution in [0.5, 0.6) is 0 Å². The predicted octanol–water partition coefficient (Wildman–Crippen LogP) is 1.90. The van der Waals surface area contributed by atoms with Gasteiger partial charge in [-0.05, 0) is 29.5 Å². The van der Waals surface area contributed by atoms with Gasteiger partial charge in [0.15, 0.2) is 0 Å². The van der Waals surface area contributed by atoms with E-state index in [0.29, 0.717) is 0 Å². The molecule has 0 atom stereocenters. The van der Waals surface area contributed by atoms with Gasteiger partial charge in [-0.15, -0.1) is 10.2 Å². The second-order valence-corrected chi connectivity index (χ2v) is 6.89. The van der Waals surface area contributed by atoms with Crippen molar-refractivity contribution in [3.05, 3.63) is 42.5 Å². The average molecular weight is 294 g/mol. The van der Waals surface area contributed by atoms with E-state index in [-0.39, 0.29) is 10.3 Å². The molecule has 1 aromatic heterocycles. The highest BCUT2D eigenvalue weighted by Gasteiger charge is 2.20. The van der Waals surface area contributed by atoms with Gasteiger partial charge in [-0.2, -0.15) is 8.42 Å². The molecular formula is C13H18N4O2S. The normalized spacial score (nSPS) is 12.3. The molecule has 0 aliphatic rings. The summed E-state index contributed by atoms with van der Waals surface area (Å²) in [6.45, 7) is 6.37. The van der Waals surface area contributed by atoms with Crippen LogP contribution in [0.4, 0.5) is 0 Å². The number of nitrogens with zero attached hydrogens (tertiary/aromatic N) is 3. The van der Waals surface area contributed by atoms with Crippen LogP contribution in [0.25, 0.3) is 0 Å². The number of hydrogen-bond donors (Lipinski definition) is 1. The summed E-state index contributed by atoms with van der Waals surface area (Å²) in [5.41, 5.74) is 1.15. The Kier molecular flexibility index (Phi) is 3.80. The predicted molar refractivity (Wildman–Crippen MR) is 76.3 cm³/mol. The SMILES string of the molecule is CCC(C)(C)c1ccc(S(=O)(=O)Nn2cnnc2)cc1. The number of sulfonamides is 1. The molecule has 0 aliphatic heterocycles. The molecule has 1 heterocycles. The molecule has 108 valence electrons. The van der Waals surface area contributed by atoms with Gasteiger partial charge in [-0.25, -0.2) is 9.51 Å². The maximum Gasteiger partial charge on any atom is 0.275 e. The van der Waals surface area contributed by atoms with Crippen molar-refractivity contribution in [2.24, 2.45) is 0 Å². The molecule has 1 N–H and O–H groups in total. The van der Waals surface area contributed by atoms with E-state index < -0.39 is 10.0 Å². The molecule has 6 nitrogen and oxygen atoms in total. The summed E-state index contributed by atoms with van der Waals surface area (Å²) >= 11 is 0. The van der Waals surface area contributed by atoms with E-state index in [1.165, 1.54) is 17.3 Å². The van der Waals surface area contributed by atoms with Gasteiger partial charge in [-0.1, -0.05) is 32.9 Å². The summed E-state index contributed by atoms with van der Waals surface area (Å²) in [6, 6.07) is 6.92. The molecule has 2 rings (SSSR count). The monoisotopic (exact) mass is 294 g/mol. The second-order valence-electron chi connectivity index (χ2n) is 5.23. The van der Waals surface area contributed by atoms with Crippen LogP contribution in [0, 0.1) is 0 Å². The first-order valence-electron chi connectivity index (χ1n) is 6.33. The van der Waals surface area contributed by atoms with Crippen molar-refractivity contribution in [1.82, 2.24) is 14.9 Å². The maximum absolute atomic E-state index is 12.1. The molecule has 0 radical (unpaired) electrons. The topological polar surface area (TPSA) is 76.9 Å². The van der Waals surface area contributed by atoms with Crippen molar-refractivity contribution in [2.45, 2.75) is 37.5 Å². The van der Waals surface area contributed by atoms with E-state index in [4.69, 9.17) is 0 Å². The van der Waals surface area contributed by atoms with Crippen molar-refractivity contribution in [2.75, 3.05) is 4.83 Å². The van der Waals surface area contributed by atoms with Crippen molar-refractivity contribution in [1.29, 1.82) is 0 Å². The van der Waals surface area contributed by atoms with Gasteiger partial charge in [0.2, 0.25) is 0 Å². The highest BCUT2D eigenvalue weighted by Crippen LogP contribution is 2.27. The number of aromatic nitrogens is 3. The Labute approximate surface area is 118 Å². The van der Waals surface area contributed by atoms with Crippen LogP contribution < -0.4 is 4.83 Å². The van der Waals surface area contributed by atoms with E-state index in [1.807, 2.05) is 12.1 Å². The lowest BCUT2D eigenvalue weighted by molar-refractivity contribution is 0.506. The average Bonchev–Trinajstić information content (AvgIpc) is 2.91. The van der Waals surface area contributed by atoms with E-state index >= 15 is 0 Å². The largest absolute Gasteiger partial charge is 0.275 e. The van der Waals surface area contributed by atoms with Gasteiger partial charge in [0.1, 0.15) is 12.7 Å². The van der Waals surface area contributed by atoms with Gasteiger partial charge >= 0.3 is 0 Å². The summed E-state index contributed by atoms with van der Waals surface area (Å²) < 4.78 is 25.5. The van der Waals surface area contributed by atoms with Crippen molar-refractivity contribution in [3.8, 4) is 0 Å². The maximum atomic E-state index is 12.1. The van der Waals surface area contributed by atoms with Gasteiger partial charge in [0, 0.05) is 0 Å². The smallest absolute Gasteiger partial charge is 0.221 e. The standard InChI is InChI=1S/C13H18N4O2S/c1-4-13(2,3)11-5-7-12(8-6-11)20(18,19)16-17-9-14-15-10-17/h5-10,16H,4H2,1-3H3. The molecule has 0 unspecified atom stereocenters. The molecule has 1 aromatic carbocycles. The fraction of sp³-hybridized carbons (Fsp3) is 0.385. The van der Waals surface area contributed by atoms with Crippen LogP contribution in [0.3, 0.4) is 0 Å². The van der Waals surface area contributed by atoms with Crippen LogP contribution >= 0.6 is 0 Å². The Morgan fingerprint density at radius 1 is 1.15 bits per heavy atom. The highest BCUT2D eigenvalue weighted by molar-refractivity contribution is 7.92. The molecular weight excluding hydrogens is 276 g/mol. The molecule has 0 fully saturated rings. The van der Waals surface area contributed by atoms with Crippen molar-refractivity contribution in [3.63, 3.8) is 0 Å². The van der Waals surface area contributed by atoms with Crippen LogP contribution in [0.2, 0.25) is 0 Å². The second kappa shape index (κ2) is 5.24. The van der Waals surface area contributed by atoms with Crippen molar-refractivity contribution < 1.29 is 8.42 Å². The van der Waals surface area contributed by atoms with E-state index in [1.54, 1.807) is 12.1 Å². The first-order chi connectivity index (χ1) is 9.35. The number of rotatable bonds is 5. The number of hydrogen-bond acceptors (Lipinski definition) is 4. The number of benzene rings is 1. The highest BCUT2D eigenvalue weighted by atomic mass is 32.2. The van der Waals surface area contributed by atoms with Crippen LogP contribution in [-0.4, -0.2) is 23.3 Å². The van der Waals surface area contributed by atoms with Gasteiger partial charge in [0.25, 0.3) is 10.0 Å². The zero-order chi connectivity index (χ0) is 14.8. The lowest BCUT2D eigenvalue weighted by atomic mass is 9.82. The zero-order valence-corrected chi connectivity index (χ0v) is 12.6. The van der Waals surface area contributed by atoms with Gasteiger partial charge < -0.3 is 0 Å². The summed E-state index contributed by atoms with van der Waals surface area (Å²) in [6.07, 6.45) is 3.55. The lowest BCUT2D eigenvalue weighted by Gasteiger charge is -2.23. The minimum Gasteiger partial charge on any atom is -0.221 e. The molecule has 0 spiro atoms. The van der Waals surface area contributed by atoms with Crippen molar-refractivity contribution >= 4 is 10.0 Å². The Morgan fingerprint density at radius 2 is 1.70 bits per heavy atom. The number of nitrogens with one attached hydrogen (secondary N) is 1. The first kappa shape index (κ1) is 14.5. The Bertz CT molecular complexity index is 661. The van der Waals surface area contributed by atoms with E-state index in [2.05, 4.69) is 35.8 Å². The Hall–Kier alpha value is -1.89. The first-order valence-corrected chi connectivity index (χ1v) is 7.81. The molecule has 0 aliphatic carbocycles. The lowest BCUT2D eigenvalue weighted by Crippen LogP contribution is -2.22. The summed E-state index contributed by atoms with van der Waals surface area (Å²) in [5, 5.41) is 7.09. The Morgan fingerprint density at radius 3 is 2.20 bits per heavy atom. The fourth-order valence-electron chi connectivity index (χ4n) is 1.73. The van der Waals surface area contributed by atoms with E-state index in [0.717, 1.165) is 12.0 Å². The minimum absolute atomic E-state index is 0.0317. The molecule has 0 saturated carbocycles. The van der Waals surface area contributed by atoms with Gasteiger partial charge in [0.05, 0.1) is 4.90 Å². The Balaban J connectivity index is 2.25. The minimum atomic E-state index is -3.62. The summed E-state index contributed by atoms with van der Waals surface area (Å²) in [4.78, 5) is 2.56. The molecule has 0 saturated heterocycles. The van der Waals surface area contributed by atoms with Crippen LogP contribution in [0.15, 0.2) is 41.8 Å². The molecule has 20 heavy (non-hydrogen) atoms. The molecule has 7 heteroatoms. The fourth-order valence-corrected chi connectivity index (χ4v) is 2.70. The van der Waals surface area contributed by atoms with Crippen LogP contribution in [-0.2, 0) is 15.4 Å². The summed E-state index contributed by atoms with van der Waals surface area (Å²) in [7, 11) is -3.62. The van der Waals surface area contributed by atoms with E-state index in [9.17, 15) is 8.42 Å². The quantitative estimate of drug-likeness (QED) is 0.913. The third-order valence-electron chi connectivity index (χ3n) is 3.47. The summed E-state index contributed by atoms with van der Waals surface area (Å²) in [5.74, 6) is 0.